The first-order chi connectivity index (χ1) is 11.3. The van der Waals surface area contributed by atoms with Crippen LogP contribution in [0, 0.1) is 0 Å². The highest BCUT2D eigenvalue weighted by Crippen LogP contribution is 2.11. The number of hydrogen-bond acceptors (Lipinski definition) is 5. The van der Waals surface area contributed by atoms with Gasteiger partial charge in [-0.25, -0.2) is 0 Å². The van der Waals surface area contributed by atoms with Gasteiger partial charge in [0.05, 0.1) is 24.2 Å². The molecule has 1 saturated heterocycles. The summed E-state index contributed by atoms with van der Waals surface area (Å²) in [6, 6.07) is 10.3. The predicted octanol–water partition coefficient (Wildman–Crippen LogP) is 1.16. The van der Waals surface area contributed by atoms with E-state index in [-0.39, 0.29) is 6.61 Å². The van der Waals surface area contributed by atoms with Crippen LogP contribution in [0.2, 0.25) is 0 Å². The smallest absolute Gasteiger partial charge is 0.0971 e. The summed E-state index contributed by atoms with van der Waals surface area (Å²) in [6.07, 6.45) is 2.85. The number of rotatable bonds is 6. The van der Waals surface area contributed by atoms with E-state index in [1.54, 1.807) is 4.80 Å². The van der Waals surface area contributed by atoms with Crippen molar-refractivity contribution in [2.45, 2.75) is 25.9 Å². The Morgan fingerprint density at radius 1 is 1.13 bits per heavy atom. The highest BCUT2D eigenvalue weighted by Gasteiger charge is 2.22. The van der Waals surface area contributed by atoms with E-state index in [4.69, 9.17) is 0 Å². The molecule has 1 aromatic carbocycles. The Balaban J connectivity index is 1.54. The van der Waals surface area contributed by atoms with Crippen LogP contribution in [0.1, 0.15) is 19.0 Å². The van der Waals surface area contributed by atoms with Gasteiger partial charge in [0.2, 0.25) is 0 Å². The fourth-order valence-corrected chi connectivity index (χ4v) is 3.07. The Kier molecular flexibility index (Phi) is 5.38. The van der Waals surface area contributed by atoms with Gasteiger partial charge >= 0.3 is 0 Å². The quantitative estimate of drug-likeness (QED) is 0.867. The molecule has 0 spiro atoms. The van der Waals surface area contributed by atoms with E-state index in [1.807, 2.05) is 36.5 Å². The third-order valence-electron chi connectivity index (χ3n) is 4.52. The normalized spacial score (nSPS) is 18.2. The molecule has 0 radical (unpaired) electrons. The fraction of sp³-hybridized carbons (Fsp3) is 0.529. The number of aliphatic hydroxyl groups is 1. The van der Waals surface area contributed by atoms with Crippen molar-refractivity contribution in [3.05, 3.63) is 42.2 Å². The molecule has 0 saturated carbocycles. The van der Waals surface area contributed by atoms with E-state index in [9.17, 15) is 5.11 Å². The number of aliphatic hydroxyl groups excluding tert-OH is 1. The number of hydrogen-bond donors (Lipinski definition) is 1. The highest BCUT2D eigenvalue weighted by atomic mass is 16.3. The van der Waals surface area contributed by atoms with Crippen molar-refractivity contribution in [3.8, 4) is 5.69 Å². The molecule has 6 heteroatoms. The van der Waals surface area contributed by atoms with Crippen LogP contribution in [0.4, 0.5) is 0 Å². The third-order valence-corrected chi connectivity index (χ3v) is 4.52. The van der Waals surface area contributed by atoms with Gasteiger partial charge in [0, 0.05) is 38.8 Å². The Hall–Kier alpha value is -1.76. The van der Waals surface area contributed by atoms with E-state index in [2.05, 4.69) is 26.9 Å². The molecule has 1 fully saturated rings. The lowest BCUT2D eigenvalue weighted by molar-refractivity contribution is 0.0603. The first kappa shape index (κ1) is 16.1. The molecule has 1 aromatic heterocycles. The summed E-state index contributed by atoms with van der Waals surface area (Å²) in [4.78, 5) is 6.47. The van der Waals surface area contributed by atoms with Crippen LogP contribution in [0.5, 0.6) is 0 Å². The van der Waals surface area contributed by atoms with Gasteiger partial charge in [0.15, 0.2) is 0 Å². The van der Waals surface area contributed by atoms with Crippen molar-refractivity contribution >= 4 is 0 Å². The topological polar surface area (TPSA) is 57.4 Å². The van der Waals surface area contributed by atoms with Crippen molar-refractivity contribution in [3.63, 3.8) is 0 Å². The van der Waals surface area contributed by atoms with Gasteiger partial charge in [0.1, 0.15) is 0 Å². The summed E-state index contributed by atoms with van der Waals surface area (Å²) in [5.41, 5.74) is 1.98. The molecule has 3 rings (SSSR count). The second kappa shape index (κ2) is 7.68. The lowest BCUT2D eigenvalue weighted by atomic mass is 10.1. The van der Waals surface area contributed by atoms with E-state index in [0.29, 0.717) is 6.04 Å². The van der Waals surface area contributed by atoms with Gasteiger partial charge < -0.3 is 5.11 Å². The van der Waals surface area contributed by atoms with Gasteiger partial charge in [-0.1, -0.05) is 25.1 Å². The van der Waals surface area contributed by atoms with Crippen LogP contribution in [0.15, 0.2) is 36.5 Å². The minimum Gasteiger partial charge on any atom is -0.395 e. The van der Waals surface area contributed by atoms with Crippen LogP contribution in [-0.4, -0.2) is 68.7 Å². The summed E-state index contributed by atoms with van der Waals surface area (Å²) in [5.74, 6) is 0. The van der Waals surface area contributed by atoms with E-state index in [0.717, 1.165) is 50.5 Å². The Morgan fingerprint density at radius 2 is 1.87 bits per heavy atom. The third kappa shape index (κ3) is 3.96. The summed E-state index contributed by atoms with van der Waals surface area (Å²) < 4.78 is 0. The average Bonchev–Trinajstić information content (AvgIpc) is 3.07. The highest BCUT2D eigenvalue weighted by molar-refractivity contribution is 5.28. The molecular weight excluding hydrogens is 290 g/mol. The lowest BCUT2D eigenvalue weighted by Crippen LogP contribution is -2.50. The largest absolute Gasteiger partial charge is 0.395 e. The molecule has 1 unspecified atom stereocenters. The minimum absolute atomic E-state index is 0.252. The molecule has 0 amide bonds. The molecule has 1 aliphatic rings. The maximum atomic E-state index is 9.41. The van der Waals surface area contributed by atoms with Gasteiger partial charge in [-0.3, -0.25) is 9.80 Å². The second-order valence-electron chi connectivity index (χ2n) is 6.02. The zero-order chi connectivity index (χ0) is 16.1. The Bertz CT molecular complexity index is 588. The zero-order valence-corrected chi connectivity index (χ0v) is 13.7. The van der Waals surface area contributed by atoms with E-state index in [1.165, 1.54) is 0 Å². The summed E-state index contributed by atoms with van der Waals surface area (Å²) in [6.45, 7) is 7.24. The molecule has 2 aromatic rings. The first-order valence-electron chi connectivity index (χ1n) is 8.34. The second-order valence-corrected chi connectivity index (χ2v) is 6.02. The van der Waals surface area contributed by atoms with Gasteiger partial charge in [-0.15, -0.1) is 0 Å². The van der Waals surface area contributed by atoms with E-state index < -0.39 is 0 Å². The van der Waals surface area contributed by atoms with Gasteiger partial charge in [-0.2, -0.15) is 15.0 Å². The lowest BCUT2D eigenvalue weighted by Gasteiger charge is -2.38. The molecule has 1 atom stereocenters. The zero-order valence-electron chi connectivity index (χ0n) is 13.7. The van der Waals surface area contributed by atoms with Crippen molar-refractivity contribution in [2.24, 2.45) is 0 Å². The van der Waals surface area contributed by atoms with Gasteiger partial charge in [0.25, 0.3) is 0 Å². The number of nitrogens with zero attached hydrogens (tertiary/aromatic N) is 5. The molecule has 124 valence electrons. The molecule has 6 nitrogen and oxygen atoms in total. The summed E-state index contributed by atoms with van der Waals surface area (Å²) in [5, 5.41) is 18.3. The van der Waals surface area contributed by atoms with Crippen molar-refractivity contribution < 1.29 is 5.11 Å². The van der Waals surface area contributed by atoms with Crippen LogP contribution in [0.3, 0.4) is 0 Å². The molecule has 1 N–H and O–H groups in total. The minimum atomic E-state index is 0.252. The monoisotopic (exact) mass is 315 g/mol. The van der Waals surface area contributed by atoms with Crippen LogP contribution < -0.4 is 0 Å². The molecule has 1 aliphatic heterocycles. The summed E-state index contributed by atoms with van der Waals surface area (Å²) >= 11 is 0. The standard InChI is InChI=1S/C17H25N5O/c1-2-16(14-23)21-10-8-20(9-11-21)13-15-12-18-22(19-15)17-6-4-3-5-7-17/h3-7,12,16,23H,2,8-11,13-14H2,1H3. The molecule has 23 heavy (non-hydrogen) atoms. The Morgan fingerprint density at radius 3 is 2.52 bits per heavy atom. The van der Waals surface area contributed by atoms with Crippen LogP contribution >= 0.6 is 0 Å². The molecular formula is C17H25N5O. The number of para-hydroxylation sites is 1. The first-order valence-corrected chi connectivity index (χ1v) is 8.34. The number of benzene rings is 1. The summed E-state index contributed by atoms with van der Waals surface area (Å²) in [7, 11) is 0. The fourth-order valence-electron chi connectivity index (χ4n) is 3.07. The number of aromatic nitrogens is 3. The number of piperazine rings is 1. The molecule has 0 bridgehead atoms. The predicted molar refractivity (Wildman–Crippen MR) is 89.4 cm³/mol. The maximum Gasteiger partial charge on any atom is 0.0971 e. The SMILES string of the molecule is CCC(CO)N1CCN(Cc2cnn(-c3ccccc3)n2)CC1. The molecule has 2 heterocycles. The van der Waals surface area contributed by atoms with E-state index >= 15 is 0 Å². The Labute approximate surface area is 137 Å². The molecule has 0 aliphatic carbocycles. The average molecular weight is 315 g/mol. The van der Waals surface area contributed by atoms with Crippen LogP contribution in [0.25, 0.3) is 5.69 Å². The van der Waals surface area contributed by atoms with Crippen molar-refractivity contribution in [1.29, 1.82) is 0 Å². The maximum absolute atomic E-state index is 9.41. The van der Waals surface area contributed by atoms with Gasteiger partial charge in [-0.05, 0) is 18.6 Å². The van der Waals surface area contributed by atoms with Crippen molar-refractivity contribution in [1.82, 2.24) is 24.8 Å². The van der Waals surface area contributed by atoms with Crippen molar-refractivity contribution in [2.75, 3.05) is 32.8 Å². The van der Waals surface area contributed by atoms with Crippen LogP contribution in [-0.2, 0) is 6.54 Å².